The molecule has 1 aliphatic heterocycles. The molecule has 1 aromatic rings. The van der Waals surface area contributed by atoms with Crippen molar-refractivity contribution in [2.75, 3.05) is 33.0 Å². The third-order valence-corrected chi connectivity index (χ3v) is 3.71. The highest BCUT2D eigenvalue weighted by Gasteiger charge is 2.22. The van der Waals surface area contributed by atoms with Crippen LogP contribution in [0.2, 0.25) is 5.02 Å². The summed E-state index contributed by atoms with van der Waals surface area (Å²) < 4.78 is 15.4. The summed E-state index contributed by atoms with van der Waals surface area (Å²) in [7, 11) is 0. The highest BCUT2D eigenvalue weighted by Crippen LogP contribution is 2.39. The van der Waals surface area contributed by atoms with Crippen LogP contribution in [0, 0.1) is 0 Å². The molecule has 1 aliphatic rings. The van der Waals surface area contributed by atoms with Crippen molar-refractivity contribution >= 4 is 29.4 Å². The van der Waals surface area contributed by atoms with E-state index in [9.17, 15) is 14.4 Å². The van der Waals surface area contributed by atoms with Crippen LogP contribution >= 0.6 is 11.6 Å². The number of hydrogen-bond acceptors (Lipinski definition) is 6. The van der Waals surface area contributed by atoms with E-state index in [0.717, 1.165) is 0 Å². The highest BCUT2D eigenvalue weighted by atomic mass is 35.5. The van der Waals surface area contributed by atoms with Crippen LogP contribution in [0.25, 0.3) is 0 Å². The number of esters is 1. The number of carbonyl (C=O) groups is 3. The number of rotatable bonds is 7. The van der Waals surface area contributed by atoms with Gasteiger partial charge < -0.3 is 24.4 Å². The van der Waals surface area contributed by atoms with E-state index in [1.807, 2.05) is 0 Å². The molecule has 2 rings (SSSR count). The number of ether oxygens (including phenoxy) is 3. The summed E-state index contributed by atoms with van der Waals surface area (Å²) in [5.41, 5.74) is 0.147. The third kappa shape index (κ3) is 4.76. The molecule has 0 fully saturated rings. The number of hydrogen-bond donors (Lipinski definition) is 1. The van der Waals surface area contributed by atoms with Crippen LogP contribution in [-0.4, -0.2) is 55.7 Å². The number of nitrogens with zero attached hydrogens (tertiary/aromatic N) is 1. The Kier molecular flexibility index (Phi) is 6.46. The summed E-state index contributed by atoms with van der Waals surface area (Å²) in [6, 6.07) is 2.82. The summed E-state index contributed by atoms with van der Waals surface area (Å²) in [5.74, 6) is -0.742. The van der Waals surface area contributed by atoms with E-state index in [1.54, 1.807) is 13.8 Å². The molecule has 0 atom stereocenters. The summed E-state index contributed by atoms with van der Waals surface area (Å²) in [5, 5.41) is 2.83. The van der Waals surface area contributed by atoms with Gasteiger partial charge in [-0.05, 0) is 26.0 Å². The maximum atomic E-state index is 12.1. The molecule has 25 heavy (non-hydrogen) atoms. The zero-order valence-electron chi connectivity index (χ0n) is 14.0. The number of likely N-dealkylation sites (N-methyl/N-ethyl adjacent to an activating group) is 2. The van der Waals surface area contributed by atoms with E-state index < -0.39 is 18.5 Å². The predicted octanol–water partition coefficient (Wildman–Crippen LogP) is 1.21. The van der Waals surface area contributed by atoms with Gasteiger partial charge in [0.25, 0.3) is 5.91 Å². The molecular formula is C16H19ClN2O6. The summed E-state index contributed by atoms with van der Waals surface area (Å²) in [6.45, 7) is 3.78. The number of carbonyl (C=O) groups excluding carboxylic acids is 3. The van der Waals surface area contributed by atoms with Gasteiger partial charge in [0.15, 0.2) is 18.1 Å². The van der Waals surface area contributed by atoms with Crippen LogP contribution < -0.4 is 14.8 Å². The Morgan fingerprint density at radius 1 is 1.28 bits per heavy atom. The Hall–Kier alpha value is -2.48. The van der Waals surface area contributed by atoms with E-state index in [4.69, 9.17) is 25.8 Å². The summed E-state index contributed by atoms with van der Waals surface area (Å²) in [4.78, 5) is 37.1. The van der Waals surface area contributed by atoms with E-state index in [0.29, 0.717) is 24.6 Å². The SMILES string of the molecule is CCNC(=O)CN(CC)C(=O)COC(=O)c1cc(Cl)c2c(c1)OCO2. The average molecular weight is 371 g/mol. The van der Waals surface area contributed by atoms with Crippen LogP contribution in [0.15, 0.2) is 12.1 Å². The summed E-state index contributed by atoms with van der Waals surface area (Å²) in [6.07, 6.45) is 0. The Balaban J connectivity index is 1.93. The van der Waals surface area contributed by atoms with Crippen LogP contribution in [-0.2, 0) is 14.3 Å². The number of benzene rings is 1. The van der Waals surface area contributed by atoms with Gasteiger partial charge in [-0.2, -0.15) is 0 Å². The van der Waals surface area contributed by atoms with Gasteiger partial charge in [0, 0.05) is 13.1 Å². The molecule has 0 unspecified atom stereocenters. The van der Waals surface area contributed by atoms with Crippen LogP contribution in [0.1, 0.15) is 24.2 Å². The van der Waals surface area contributed by atoms with E-state index >= 15 is 0 Å². The molecule has 9 heteroatoms. The number of halogens is 1. The second-order valence-electron chi connectivity index (χ2n) is 5.13. The second kappa shape index (κ2) is 8.57. The molecule has 0 radical (unpaired) electrons. The average Bonchev–Trinajstić information content (AvgIpc) is 3.06. The van der Waals surface area contributed by atoms with Crippen molar-refractivity contribution in [1.29, 1.82) is 0 Å². The Morgan fingerprint density at radius 3 is 2.72 bits per heavy atom. The fraction of sp³-hybridized carbons (Fsp3) is 0.438. The van der Waals surface area contributed by atoms with E-state index in [2.05, 4.69) is 5.32 Å². The highest BCUT2D eigenvalue weighted by molar-refractivity contribution is 6.32. The Labute approximate surface area is 150 Å². The molecule has 0 saturated heterocycles. The fourth-order valence-corrected chi connectivity index (χ4v) is 2.46. The molecule has 0 saturated carbocycles. The zero-order chi connectivity index (χ0) is 18.4. The zero-order valence-corrected chi connectivity index (χ0v) is 14.7. The lowest BCUT2D eigenvalue weighted by Crippen LogP contribution is -2.42. The first-order valence-electron chi connectivity index (χ1n) is 7.77. The molecule has 1 N–H and O–H groups in total. The first kappa shape index (κ1) is 18.9. The van der Waals surface area contributed by atoms with Crippen molar-refractivity contribution < 1.29 is 28.6 Å². The topological polar surface area (TPSA) is 94.2 Å². The van der Waals surface area contributed by atoms with Crippen molar-refractivity contribution in [3.05, 3.63) is 22.7 Å². The maximum absolute atomic E-state index is 12.1. The summed E-state index contributed by atoms with van der Waals surface area (Å²) >= 11 is 6.01. The molecule has 0 aliphatic carbocycles. The minimum absolute atomic E-state index is 0.0251. The number of fused-ring (bicyclic) bond motifs is 1. The van der Waals surface area contributed by atoms with Gasteiger partial charge >= 0.3 is 5.97 Å². The molecule has 1 heterocycles. The first-order chi connectivity index (χ1) is 12.0. The van der Waals surface area contributed by atoms with Gasteiger partial charge in [0.2, 0.25) is 12.7 Å². The second-order valence-corrected chi connectivity index (χ2v) is 5.54. The lowest BCUT2D eigenvalue weighted by atomic mass is 10.2. The van der Waals surface area contributed by atoms with Crippen LogP contribution in [0.3, 0.4) is 0 Å². The Bertz CT molecular complexity index is 679. The lowest BCUT2D eigenvalue weighted by molar-refractivity contribution is -0.138. The van der Waals surface area contributed by atoms with Crippen LogP contribution in [0.4, 0.5) is 0 Å². The number of amides is 2. The van der Waals surface area contributed by atoms with Gasteiger partial charge in [0.1, 0.15) is 0 Å². The van der Waals surface area contributed by atoms with Gasteiger partial charge in [-0.25, -0.2) is 4.79 Å². The monoisotopic (exact) mass is 370 g/mol. The molecule has 0 bridgehead atoms. The molecule has 8 nitrogen and oxygen atoms in total. The predicted molar refractivity (Wildman–Crippen MR) is 88.8 cm³/mol. The molecule has 0 spiro atoms. The van der Waals surface area contributed by atoms with Crippen molar-refractivity contribution in [1.82, 2.24) is 10.2 Å². The molecule has 1 aromatic carbocycles. The molecular weight excluding hydrogens is 352 g/mol. The quantitative estimate of drug-likeness (QED) is 0.725. The maximum Gasteiger partial charge on any atom is 0.338 e. The minimum atomic E-state index is -0.720. The molecule has 2 amide bonds. The lowest BCUT2D eigenvalue weighted by Gasteiger charge is -2.20. The largest absolute Gasteiger partial charge is 0.454 e. The van der Waals surface area contributed by atoms with Crippen molar-refractivity contribution in [2.24, 2.45) is 0 Å². The fourth-order valence-electron chi connectivity index (χ4n) is 2.19. The van der Waals surface area contributed by atoms with E-state index in [-0.39, 0.29) is 29.8 Å². The van der Waals surface area contributed by atoms with Gasteiger partial charge in [0.05, 0.1) is 17.1 Å². The van der Waals surface area contributed by atoms with Gasteiger partial charge in [-0.3, -0.25) is 9.59 Å². The van der Waals surface area contributed by atoms with Crippen molar-refractivity contribution in [2.45, 2.75) is 13.8 Å². The third-order valence-electron chi connectivity index (χ3n) is 3.43. The smallest absolute Gasteiger partial charge is 0.338 e. The first-order valence-corrected chi connectivity index (χ1v) is 8.14. The van der Waals surface area contributed by atoms with Crippen LogP contribution in [0.5, 0.6) is 11.5 Å². The van der Waals surface area contributed by atoms with Gasteiger partial charge in [-0.1, -0.05) is 11.6 Å². The molecule has 0 aromatic heterocycles. The molecule has 136 valence electrons. The van der Waals surface area contributed by atoms with Crippen molar-refractivity contribution in [3.63, 3.8) is 0 Å². The number of nitrogens with one attached hydrogen (secondary N) is 1. The minimum Gasteiger partial charge on any atom is -0.454 e. The Morgan fingerprint density at radius 2 is 2.04 bits per heavy atom. The standard InChI is InChI=1S/C16H19ClN2O6/c1-3-18-13(20)7-19(4-2)14(21)8-23-16(22)10-5-11(17)15-12(6-10)24-9-25-15/h5-6H,3-4,7-9H2,1-2H3,(H,18,20). The van der Waals surface area contributed by atoms with E-state index in [1.165, 1.54) is 17.0 Å². The van der Waals surface area contributed by atoms with Crippen molar-refractivity contribution in [3.8, 4) is 11.5 Å². The normalized spacial score (nSPS) is 11.8. The van der Waals surface area contributed by atoms with Gasteiger partial charge in [-0.15, -0.1) is 0 Å².